The lowest BCUT2D eigenvalue weighted by atomic mass is 9.78. The summed E-state index contributed by atoms with van der Waals surface area (Å²) in [6.07, 6.45) is 4.50. The zero-order chi connectivity index (χ0) is 22.5. The lowest BCUT2D eigenvalue weighted by molar-refractivity contribution is -0.140. The number of carbonyl (C=O) groups excluding carboxylic acids is 1. The van der Waals surface area contributed by atoms with Crippen molar-refractivity contribution in [1.82, 2.24) is 0 Å². The Labute approximate surface area is 194 Å². The number of rotatable bonds is 6. The lowest BCUT2D eigenvalue weighted by Crippen LogP contribution is -2.25. The fourth-order valence-corrected chi connectivity index (χ4v) is 4.70. The minimum atomic E-state index is -0.581. The highest BCUT2D eigenvalue weighted by molar-refractivity contribution is 6.30. The van der Waals surface area contributed by atoms with Crippen molar-refractivity contribution in [2.75, 3.05) is 0 Å². The van der Waals surface area contributed by atoms with Gasteiger partial charge in [-0.25, -0.2) is 4.39 Å². The van der Waals surface area contributed by atoms with Crippen LogP contribution in [0.25, 0.3) is 0 Å². The third-order valence-corrected chi connectivity index (χ3v) is 6.84. The summed E-state index contributed by atoms with van der Waals surface area (Å²) in [5.74, 6) is 0.151. The Balaban J connectivity index is 1.29. The predicted molar refractivity (Wildman–Crippen MR) is 127 cm³/mol. The van der Waals surface area contributed by atoms with Crippen LogP contribution in [0.3, 0.4) is 0 Å². The van der Waals surface area contributed by atoms with Crippen LogP contribution in [-0.4, -0.2) is 5.97 Å². The third-order valence-electron chi connectivity index (χ3n) is 6.53. The normalized spacial score (nSPS) is 19.3. The highest BCUT2D eigenvalue weighted by Crippen LogP contribution is 2.37. The van der Waals surface area contributed by atoms with E-state index in [0.717, 1.165) is 38.2 Å². The number of benzene rings is 3. The van der Waals surface area contributed by atoms with Gasteiger partial charge in [-0.3, -0.25) is 4.79 Å². The molecule has 1 fully saturated rings. The predicted octanol–water partition coefficient (Wildman–Crippen LogP) is 7.70. The molecular weight excluding hydrogens is 423 g/mol. The maximum atomic E-state index is 13.6. The number of halogens is 2. The van der Waals surface area contributed by atoms with Gasteiger partial charge in [0, 0.05) is 6.07 Å². The van der Waals surface area contributed by atoms with E-state index >= 15 is 0 Å². The summed E-state index contributed by atoms with van der Waals surface area (Å²) in [5, 5.41) is 0.0193. The average Bonchev–Trinajstić information content (AvgIpc) is 2.82. The standard InChI is InChI=1S/C28H28ClFO2/c1-19(21-5-3-2-4-6-21)17-20-7-9-22(10-8-20)23-11-13-24(14-12-23)28(31)32-25-15-16-26(29)27(30)18-25/h2-10,15-16,18-19,23-24H,11-14,17H2,1H3. The first-order valence-electron chi connectivity index (χ1n) is 11.3. The fraction of sp³-hybridized carbons (Fsp3) is 0.321. The molecule has 3 aromatic rings. The van der Waals surface area contributed by atoms with Gasteiger partial charge in [0.2, 0.25) is 0 Å². The summed E-state index contributed by atoms with van der Waals surface area (Å²) >= 11 is 5.69. The Hall–Kier alpha value is -2.65. The van der Waals surface area contributed by atoms with Crippen molar-refractivity contribution >= 4 is 17.6 Å². The zero-order valence-electron chi connectivity index (χ0n) is 18.3. The second-order valence-electron chi connectivity index (χ2n) is 8.80. The molecule has 32 heavy (non-hydrogen) atoms. The van der Waals surface area contributed by atoms with Crippen molar-refractivity contribution in [2.45, 2.75) is 50.9 Å². The van der Waals surface area contributed by atoms with E-state index in [1.807, 2.05) is 0 Å². The molecule has 0 radical (unpaired) electrons. The van der Waals surface area contributed by atoms with Gasteiger partial charge in [0.1, 0.15) is 11.6 Å². The van der Waals surface area contributed by atoms with Crippen molar-refractivity contribution in [1.29, 1.82) is 0 Å². The molecule has 0 saturated heterocycles. The molecule has 0 N–H and O–H groups in total. The van der Waals surface area contributed by atoms with E-state index in [1.54, 1.807) is 0 Å². The molecule has 0 spiro atoms. The number of esters is 1. The van der Waals surface area contributed by atoms with E-state index < -0.39 is 5.82 Å². The lowest BCUT2D eigenvalue weighted by Gasteiger charge is -2.27. The van der Waals surface area contributed by atoms with Gasteiger partial charge in [0.05, 0.1) is 10.9 Å². The first kappa shape index (κ1) is 22.5. The highest BCUT2D eigenvalue weighted by Gasteiger charge is 2.28. The van der Waals surface area contributed by atoms with Crippen LogP contribution in [0.15, 0.2) is 72.8 Å². The Morgan fingerprint density at radius 1 is 1.00 bits per heavy atom. The van der Waals surface area contributed by atoms with Gasteiger partial charge in [-0.1, -0.05) is 73.1 Å². The smallest absolute Gasteiger partial charge is 0.314 e. The Kier molecular flexibility index (Phi) is 7.26. The maximum Gasteiger partial charge on any atom is 0.314 e. The Bertz CT molecular complexity index is 1040. The maximum absolute atomic E-state index is 13.6. The van der Waals surface area contributed by atoms with E-state index in [9.17, 15) is 9.18 Å². The van der Waals surface area contributed by atoms with Gasteiger partial charge in [-0.05, 0) is 72.8 Å². The second-order valence-corrected chi connectivity index (χ2v) is 9.21. The van der Waals surface area contributed by atoms with E-state index in [4.69, 9.17) is 16.3 Å². The quantitative estimate of drug-likeness (QED) is 0.284. The summed E-state index contributed by atoms with van der Waals surface area (Å²) in [5.41, 5.74) is 4.05. The number of carbonyl (C=O) groups is 1. The molecule has 0 aromatic heterocycles. The first-order valence-corrected chi connectivity index (χ1v) is 11.7. The molecule has 1 aliphatic carbocycles. The zero-order valence-corrected chi connectivity index (χ0v) is 19.0. The van der Waals surface area contributed by atoms with Crippen LogP contribution >= 0.6 is 11.6 Å². The van der Waals surface area contributed by atoms with Gasteiger partial charge < -0.3 is 4.74 Å². The van der Waals surface area contributed by atoms with Crippen LogP contribution < -0.4 is 4.74 Å². The van der Waals surface area contributed by atoms with Crippen LogP contribution in [0.1, 0.15) is 61.1 Å². The van der Waals surface area contributed by atoms with Crippen LogP contribution in [0.5, 0.6) is 5.75 Å². The average molecular weight is 451 g/mol. The number of hydrogen-bond donors (Lipinski definition) is 0. The van der Waals surface area contributed by atoms with E-state index in [0.29, 0.717) is 11.8 Å². The topological polar surface area (TPSA) is 26.3 Å². The van der Waals surface area contributed by atoms with Gasteiger partial charge >= 0.3 is 5.97 Å². The monoisotopic (exact) mass is 450 g/mol. The summed E-state index contributed by atoms with van der Waals surface area (Å²) in [7, 11) is 0. The minimum Gasteiger partial charge on any atom is -0.426 e. The van der Waals surface area contributed by atoms with Crippen LogP contribution in [0.2, 0.25) is 5.02 Å². The highest BCUT2D eigenvalue weighted by atomic mass is 35.5. The molecule has 2 nitrogen and oxygen atoms in total. The molecule has 0 aliphatic heterocycles. The van der Waals surface area contributed by atoms with Crippen molar-refractivity contribution in [3.05, 3.63) is 100 Å². The molecule has 0 heterocycles. The molecule has 166 valence electrons. The van der Waals surface area contributed by atoms with Crippen LogP contribution in [0, 0.1) is 11.7 Å². The van der Waals surface area contributed by atoms with E-state index in [1.165, 1.54) is 28.8 Å². The van der Waals surface area contributed by atoms with Gasteiger partial charge in [0.25, 0.3) is 0 Å². The molecule has 1 atom stereocenters. The molecular formula is C28H28ClFO2. The Morgan fingerprint density at radius 3 is 2.34 bits per heavy atom. The molecule has 1 unspecified atom stereocenters. The molecule has 4 heteroatoms. The molecule has 1 aliphatic rings. The summed E-state index contributed by atoms with van der Waals surface area (Å²) in [4.78, 5) is 12.5. The minimum absolute atomic E-state index is 0.0193. The largest absolute Gasteiger partial charge is 0.426 e. The van der Waals surface area contributed by atoms with Gasteiger partial charge in [-0.2, -0.15) is 0 Å². The second kappa shape index (κ2) is 10.3. The van der Waals surface area contributed by atoms with Gasteiger partial charge in [-0.15, -0.1) is 0 Å². The van der Waals surface area contributed by atoms with E-state index in [2.05, 4.69) is 61.5 Å². The summed E-state index contributed by atoms with van der Waals surface area (Å²) in [6.45, 7) is 2.27. The fourth-order valence-electron chi connectivity index (χ4n) is 4.58. The Morgan fingerprint density at radius 2 is 1.69 bits per heavy atom. The van der Waals surface area contributed by atoms with Crippen molar-refractivity contribution in [3.63, 3.8) is 0 Å². The number of hydrogen-bond acceptors (Lipinski definition) is 2. The van der Waals surface area contributed by atoms with Crippen LogP contribution in [-0.2, 0) is 11.2 Å². The van der Waals surface area contributed by atoms with E-state index in [-0.39, 0.29) is 22.7 Å². The third kappa shape index (κ3) is 5.58. The summed E-state index contributed by atoms with van der Waals surface area (Å²) in [6, 6.07) is 23.7. The summed E-state index contributed by atoms with van der Waals surface area (Å²) < 4.78 is 19.0. The molecule has 0 bridgehead atoms. The number of ether oxygens (including phenoxy) is 1. The van der Waals surface area contributed by atoms with Crippen molar-refractivity contribution in [2.24, 2.45) is 5.92 Å². The van der Waals surface area contributed by atoms with Crippen molar-refractivity contribution < 1.29 is 13.9 Å². The molecule has 3 aromatic carbocycles. The van der Waals surface area contributed by atoms with Gasteiger partial charge in [0.15, 0.2) is 0 Å². The molecule has 4 rings (SSSR count). The molecule has 1 saturated carbocycles. The first-order chi connectivity index (χ1) is 15.5. The molecule has 0 amide bonds. The van der Waals surface area contributed by atoms with Crippen molar-refractivity contribution in [3.8, 4) is 5.75 Å². The van der Waals surface area contributed by atoms with Crippen LogP contribution in [0.4, 0.5) is 4.39 Å². The SMILES string of the molecule is CC(Cc1ccc(C2CCC(C(=O)Oc3ccc(Cl)c(F)c3)CC2)cc1)c1ccccc1.